The molecule has 0 aliphatic carbocycles. The van der Waals surface area contributed by atoms with Crippen molar-refractivity contribution in [1.82, 2.24) is 4.98 Å². The SMILES string of the molecule is COc1ccc(C(=O)Nc2ccc(/C=N/c3ccc(-c4nc5cc(CC(=O)O)ccc5o4)cc3)cc2)cc1Br. The summed E-state index contributed by atoms with van der Waals surface area (Å²) in [5.41, 5.74) is 5.47. The summed E-state index contributed by atoms with van der Waals surface area (Å²) in [6.07, 6.45) is 1.68. The summed E-state index contributed by atoms with van der Waals surface area (Å²) in [6.45, 7) is 0. The van der Waals surface area contributed by atoms with Gasteiger partial charge in [0.25, 0.3) is 5.91 Å². The molecule has 1 heterocycles. The molecule has 0 atom stereocenters. The Morgan fingerprint density at radius 2 is 1.79 bits per heavy atom. The van der Waals surface area contributed by atoms with Gasteiger partial charge >= 0.3 is 5.97 Å². The van der Waals surface area contributed by atoms with E-state index in [2.05, 4.69) is 31.2 Å². The van der Waals surface area contributed by atoms with Crippen LogP contribution >= 0.6 is 15.9 Å². The molecule has 0 bridgehead atoms. The molecule has 0 fully saturated rings. The number of rotatable bonds is 8. The van der Waals surface area contributed by atoms with Crippen LogP contribution in [0.25, 0.3) is 22.6 Å². The zero-order chi connectivity index (χ0) is 27.4. The highest BCUT2D eigenvalue weighted by atomic mass is 79.9. The first-order chi connectivity index (χ1) is 18.9. The summed E-state index contributed by atoms with van der Waals surface area (Å²) in [4.78, 5) is 32.5. The van der Waals surface area contributed by atoms with Crippen LogP contribution in [-0.4, -0.2) is 35.3 Å². The lowest BCUT2D eigenvalue weighted by atomic mass is 10.1. The predicted molar refractivity (Wildman–Crippen MR) is 153 cm³/mol. The second kappa shape index (κ2) is 11.3. The van der Waals surface area contributed by atoms with Gasteiger partial charge in [-0.15, -0.1) is 0 Å². The molecule has 8 nitrogen and oxygen atoms in total. The number of carbonyl (C=O) groups excluding carboxylic acids is 1. The molecule has 0 saturated carbocycles. The van der Waals surface area contributed by atoms with Gasteiger partial charge in [-0.3, -0.25) is 14.6 Å². The topological polar surface area (TPSA) is 114 Å². The summed E-state index contributed by atoms with van der Waals surface area (Å²) in [5, 5.41) is 11.9. The van der Waals surface area contributed by atoms with E-state index in [1.807, 2.05) is 48.5 Å². The molecule has 4 aromatic carbocycles. The number of oxazole rings is 1. The van der Waals surface area contributed by atoms with Crippen molar-refractivity contribution in [1.29, 1.82) is 0 Å². The first kappa shape index (κ1) is 25.9. The van der Waals surface area contributed by atoms with Crippen molar-refractivity contribution in [3.05, 3.63) is 106 Å². The number of halogens is 1. The summed E-state index contributed by atoms with van der Waals surface area (Å²) in [5.74, 6) is -0.00795. The zero-order valence-corrected chi connectivity index (χ0v) is 22.3. The van der Waals surface area contributed by atoms with Crippen LogP contribution in [0.3, 0.4) is 0 Å². The molecule has 0 unspecified atom stereocenters. The van der Waals surface area contributed by atoms with Gasteiger partial charge in [-0.2, -0.15) is 0 Å². The van der Waals surface area contributed by atoms with Gasteiger partial charge in [0, 0.05) is 23.0 Å². The van der Waals surface area contributed by atoms with Crippen LogP contribution in [-0.2, 0) is 11.2 Å². The van der Waals surface area contributed by atoms with E-state index < -0.39 is 5.97 Å². The zero-order valence-electron chi connectivity index (χ0n) is 20.7. The summed E-state index contributed by atoms with van der Waals surface area (Å²) >= 11 is 3.39. The van der Waals surface area contributed by atoms with Crippen molar-refractivity contribution in [2.24, 2.45) is 4.99 Å². The van der Waals surface area contributed by atoms with Crippen molar-refractivity contribution < 1.29 is 23.8 Å². The van der Waals surface area contributed by atoms with Gasteiger partial charge in [0.05, 0.1) is 23.7 Å². The van der Waals surface area contributed by atoms with Crippen molar-refractivity contribution in [3.63, 3.8) is 0 Å². The molecule has 0 saturated heterocycles. The number of benzene rings is 4. The van der Waals surface area contributed by atoms with E-state index in [-0.39, 0.29) is 12.3 Å². The van der Waals surface area contributed by atoms with Crippen LogP contribution in [0.5, 0.6) is 5.75 Å². The van der Waals surface area contributed by atoms with E-state index in [4.69, 9.17) is 14.3 Å². The number of carbonyl (C=O) groups is 2. The number of aromatic nitrogens is 1. The number of anilines is 1. The maximum Gasteiger partial charge on any atom is 0.307 e. The Balaban J connectivity index is 1.22. The fourth-order valence-corrected chi connectivity index (χ4v) is 4.42. The maximum atomic E-state index is 12.6. The number of ether oxygens (including phenoxy) is 1. The van der Waals surface area contributed by atoms with Crippen LogP contribution in [0.15, 0.2) is 98.8 Å². The van der Waals surface area contributed by atoms with Gasteiger partial charge < -0.3 is 19.6 Å². The first-order valence-corrected chi connectivity index (χ1v) is 12.7. The Morgan fingerprint density at radius 1 is 1.03 bits per heavy atom. The minimum atomic E-state index is -0.893. The quantitative estimate of drug-likeness (QED) is 0.192. The number of carboxylic acid groups (broad SMARTS) is 1. The Kier molecular flexibility index (Phi) is 7.51. The standard InChI is InChI=1S/C30H22BrN3O5/c1-38-26-13-7-21(16-24(26)31)29(37)33-23-8-2-18(3-9-23)17-32-22-10-5-20(6-11-22)30-34-25-14-19(15-28(35)36)4-12-27(25)39-30/h2-14,16-17H,15H2,1H3,(H,33,37)(H,35,36)/b32-17+. The van der Waals surface area contributed by atoms with Gasteiger partial charge in [0.15, 0.2) is 5.58 Å². The minimum absolute atomic E-state index is 0.0654. The number of hydrogen-bond donors (Lipinski definition) is 2. The average molecular weight is 584 g/mol. The Labute approximate surface area is 232 Å². The molecule has 5 aromatic rings. The summed E-state index contributed by atoms with van der Waals surface area (Å²) < 4.78 is 11.7. The highest BCUT2D eigenvalue weighted by Gasteiger charge is 2.11. The van der Waals surface area contributed by atoms with Crippen LogP contribution in [0.4, 0.5) is 11.4 Å². The molecule has 194 valence electrons. The average Bonchev–Trinajstić information content (AvgIpc) is 3.36. The molecular weight excluding hydrogens is 562 g/mol. The van der Waals surface area contributed by atoms with Crippen molar-refractivity contribution in [2.45, 2.75) is 6.42 Å². The van der Waals surface area contributed by atoms with Gasteiger partial charge in [-0.05, 0) is 93.8 Å². The van der Waals surface area contributed by atoms with Crippen molar-refractivity contribution in [3.8, 4) is 17.2 Å². The minimum Gasteiger partial charge on any atom is -0.496 e. The monoisotopic (exact) mass is 583 g/mol. The molecule has 2 N–H and O–H groups in total. The van der Waals surface area contributed by atoms with Crippen molar-refractivity contribution in [2.75, 3.05) is 12.4 Å². The number of hydrogen-bond acceptors (Lipinski definition) is 6. The van der Waals surface area contributed by atoms with Gasteiger partial charge in [-0.1, -0.05) is 18.2 Å². The summed E-state index contributed by atoms with van der Waals surface area (Å²) in [7, 11) is 1.57. The lowest BCUT2D eigenvalue weighted by Gasteiger charge is -2.08. The third-order valence-electron chi connectivity index (χ3n) is 5.87. The van der Waals surface area contributed by atoms with E-state index in [9.17, 15) is 9.59 Å². The Bertz CT molecular complexity index is 1690. The number of amides is 1. The third kappa shape index (κ3) is 6.22. The molecule has 1 amide bonds. The lowest BCUT2D eigenvalue weighted by Crippen LogP contribution is -2.11. The van der Waals surface area contributed by atoms with Crippen LogP contribution < -0.4 is 10.1 Å². The molecule has 5 rings (SSSR count). The van der Waals surface area contributed by atoms with Crippen LogP contribution in [0.2, 0.25) is 0 Å². The highest BCUT2D eigenvalue weighted by molar-refractivity contribution is 9.10. The van der Waals surface area contributed by atoms with E-state index in [0.29, 0.717) is 44.0 Å². The highest BCUT2D eigenvalue weighted by Crippen LogP contribution is 2.28. The molecule has 0 radical (unpaired) electrons. The molecule has 9 heteroatoms. The Morgan fingerprint density at radius 3 is 2.49 bits per heavy atom. The largest absolute Gasteiger partial charge is 0.496 e. The van der Waals surface area contributed by atoms with E-state index in [1.165, 1.54) is 0 Å². The normalized spacial score (nSPS) is 11.1. The second-order valence-electron chi connectivity index (χ2n) is 8.62. The Hall–Kier alpha value is -4.76. The van der Waals surface area contributed by atoms with E-state index in [1.54, 1.807) is 49.7 Å². The number of fused-ring (bicyclic) bond motifs is 1. The predicted octanol–water partition coefficient (Wildman–Crippen LogP) is 6.90. The second-order valence-corrected chi connectivity index (χ2v) is 9.48. The molecular formula is C30H22BrN3O5. The number of aliphatic imine (C=N–C) groups is 1. The van der Waals surface area contributed by atoms with E-state index >= 15 is 0 Å². The maximum absolute atomic E-state index is 12.6. The number of methoxy groups -OCH3 is 1. The molecule has 0 aliphatic heterocycles. The van der Waals surface area contributed by atoms with Crippen molar-refractivity contribution >= 4 is 56.5 Å². The fourth-order valence-electron chi connectivity index (χ4n) is 3.88. The lowest BCUT2D eigenvalue weighted by molar-refractivity contribution is -0.136. The van der Waals surface area contributed by atoms with Crippen LogP contribution in [0, 0.1) is 0 Å². The number of carboxylic acids is 1. The van der Waals surface area contributed by atoms with Gasteiger partial charge in [0.2, 0.25) is 5.89 Å². The van der Waals surface area contributed by atoms with E-state index in [0.717, 1.165) is 16.8 Å². The molecule has 0 spiro atoms. The number of nitrogens with one attached hydrogen (secondary N) is 1. The smallest absolute Gasteiger partial charge is 0.307 e. The number of aliphatic carboxylic acids is 1. The van der Waals surface area contributed by atoms with Gasteiger partial charge in [-0.25, -0.2) is 4.98 Å². The molecule has 0 aliphatic rings. The molecule has 39 heavy (non-hydrogen) atoms. The third-order valence-corrected chi connectivity index (χ3v) is 6.49. The molecule has 1 aromatic heterocycles. The first-order valence-electron chi connectivity index (χ1n) is 11.9. The summed E-state index contributed by atoms with van der Waals surface area (Å²) in [6, 6.07) is 25.2. The fraction of sp³-hybridized carbons (Fsp3) is 0.0667. The van der Waals surface area contributed by atoms with Gasteiger partial charge in [0.1, 0.15) is 11.3 Å². The number of nitrogens with zero attached hydrogens (tertiary/aromatic N) is 2. The van der Waals surface area contributed by atoms with Crippen LogP contribution in [0.1, 0.15) is 21.5 Å².